The minimum atomic E-state index is -5.12. The van der Waals surface area contributed by atoms with Gasteiger partial charge in [0, 0.05) is 35.5 Å². The van der Waals surface area contributed by atoms with Crippen LogP contribution in [0.2, 0.25) is 0 Å². The van der Waals surface area contributed by atoms with Gasteiger partial charge in [-0.3, -0.25) is 19.8 Å². The van der Waals surface area contributed by atoms with Crippen LogP contribution in [0.1, 0.15) is 69.1 Å². The predicted molar refractivity (Wildman–Crippen MR) is 113 cm³/mol. The summed E-state index contributed by atoms with van der Waals surface area (Å²) in [5.41, 5.74) is 7.24. The van der Waals surface area contributed by atoms with Crippen molar-refractivity contribution >= 4 is 23.6 Å². The lowest BCUT2D eigenvalue weighted by atomic mass is 9.80. The molecule has 9 nitrogen and oxygen atoms in total. The zero-order chi connectivity index (χ0) is 24.6. The molecule has 1 aromatic carbocycles. The number of primary amides is 1. The third-order valence-corrected chi connectivity index (χ3v) is 6.23. The lowest BCUT2D eigenvalue weighted by Gasteiger charge is -2.35. The Morgan fingerprint density at radius 3 is 2.71 bits per heavy atom. The van der Waals surface area contributed by atoms with Crippen molar-refractivity contribution in [2.75, 3.05) is 0 Å². The fraction of sp³-hybridized carbons (Fsp3) is 0.364. The Morgan fingerprint density at radius 1 is 1.24 bits per heavy atom. The molecule has 0 spiro atoms. The molecule has 4 rings (SSSR count). The van der Waals surface area contributed by atoms with Crippen LogP contribution in [0.25, 0.3) is 0 Å². The number of rotatable bonds is 4. The number of nitrogens with one attached hydrogen (secondary N) is 2. The van der Waals surface area contributed by atoms with E-state index >= 15 is 0 Å². The lowest BCUT2D eigenvalue weighted by Crippen LogP contribution is -2.40. The molecule has 2 aliphatic rings. The van der Waals surface area contributed by atoms with Crippen molar-refractivity contribution in [3.05, 3.63) is 58.7 Å². The SMILES string of the molecule is N=C(NC(=O)C(F)(F)F)c1ccc2c(c1)C(=O)N(C1CCCC(c3cncnc3C(N)=O)C1)C2. The molecule has 0 saturated heterocycles. The molecule has 1 fully saturated rings. The van der Waals surface area contributed by atoms with Crippen molar-refractivity contribution in [1.29, 1.82) is 5.41 Å². The first-order valence-corrected chi connectivity index (χ1v) is 10.6. The van der Waals surface area contributed by atoms with Crippen molar-refractivity contribution in [1.82, 2.24) is 20.2 Å². The van der Waals surface area contributed by atoms with E-state index in [1.54, 1.807) is 17.2 Å². The molecule has 1 aliphatic heterocycles. The summed E-state index contributed by atoms with van der Waals surface area (Å²) in [6, 6.07) is 4.17. The number of benzene rings is 1. The summed E-state index contributed by atoms with van der Waals surface area (Å²) >= 11 is 0. The summed E-state index contributed by atoms with van der Waals surface area (Å²) in [6.07, 6.45) is 0.648. The van der Waals surface area contributed by atoms with Crippen molar-refractivity contribution in [3.63, 3.8) is 0 Å². The number of nitrogens with two attached hydrogens (primary N) is 1. The number of carbonyl (C=O) groups excluding carboxylic acids is 3. The van der Waals surface area contributed by atoms with Crippen LogP contribution < -0.4 is 11.1 Å². The van der Waals surface area contributed by atoms with Crippen LogP contribution in [-0.4, -0.2) is 50.6 Å². The minimum absolute atomic E-state index is 0.000560. The first-order chi connectivity index (χ1) is 16.1. The Morgan fingerprint density at radius 2 is 2.00 bits per heavy atom. The van der Waals surface area contributed by atoms with Crippen LogP contribution in [0.15, 0.2) is 30.7 Å². The number of carbonyl (C=O) groups is 3. The Balaban J connectivity index is 1.51. The third-order valence-electron chi connectivity index (χ3n) is 6.23. The molecular weight excluding hydrogens is 453 g/mol. The molecular formula is C22H21F3N6O3. The zero-order valence-corrected chi connectivity index (χ0v) is 17.9. The van der Waals surface area contributed by atoms with Crippen molar-refractivity contribution in [3.8, 4) is 0 Å². The standard InChI is InChI=1S/C22H21F3N6O3/c23-22(24,25)21(34)30-18(26)12-4-5-13-9-31(20(33)15(13)7-12)14-3-1-2-11(6-14)16-8-28-10-29-17(16)19(27)32/h4-5,7-8,10-11,14H,1-3,6,9H2,(H2,27,32)(H2,26,30,34). The molecule has 34 heavy (non-hydrogen) atoms. The second-order valence-electron chi connectivity index (χ2n) is 8.34. The van der Waals surface area contributed by atoms with E-state index in [9.17, 15) is 27.6 Å². The molecule has 12 heteroatoms. The quantitative estimate of drug-likeness (QED) is 0.460. The van der Waals surface area contributed by atoms with Gasteiger partial charge in [0.1, 0.15) is 17.9 Å². The summed E-state index contributed by atoms with van der Waals surface area (Å²) in [6.45, 7) is 0.321. The molecule has 1 aliphatic carbocycles. The summed E-state index contributed by atoms with van der Waals surface area (Å²) in [5, 5.41) is 9.28. The number of alkyl halides is 3. The Labute approximate surface area is 192 Å². The molecule has 2 unspecified atom stereocenters. The van der Waals surface area contributed by atoms with E-state index < -0.39 is 23.8 Å². The number of fused-ring (bicyclic) bond motifs is 1. The normalized spacial score (nSPS) is 20.1. The first kappa shape index (κ1) is 23.3. The fourth-order valence-electron chi connectivity index (χ4n) is 4.61. The highest BCUT2D eigenvalue weighted by Gasteiger charge is 2.40. The van der Waals surface area contributed by atoms with Gasteiger partial charge >= 0.3 is 12.1 Å². The number of aromatic nitrogens is 2. The van der Waals surface area contributed by atoms with Gasteiger partial charge in [-0.2, -0.15) is 13.2 Å². The molecule has 0 bridgehead atoms. The summed E-state index contributed by atoms with van der Waals surface area (Å²) in [7, 11) is 0. The van der Waals surface area contributed by atoms with Gasteiger partial charge in [-0.25, -0.2) is 9.97 Å². The number of nitrogens with zero attached hydrogens (tertiary/aromatic N) is 3. The van der Waals surface area contributed by atoms with Gasteiger partial charge in [0.2, 0.25) is 0 Å². The van der Waals surface area contributed by atoms with Crippen LogP contribution in [0.3, 0.4) is 0 Å². The maximum absolute atomic E-state index is 13.2. The molecule has 2 heterocycles. The second kappa shape index (κ2) is 8.84. The highest BCUT2D eigenvalue weighted by Crippen LogP contribution is 2.38. The highest BCUT2D eigenvalue weighted by atomic mass is 19.4. The summed E-state index contributed by atoms with van der Waals surface area (Å²) < 4.78 is 37.5. The van der Waals surface area contributed by atoms with Gasteiger partial charge in [-0.1, -0.05) is 18.6 Å². The van der Waals surface area contributed by atoms with Crippen molar-refractivity contribution in [2.24, 2.45) is 5.73 Å². The maximum atomic E-state index is 13.2. The smallest absolute Gasteiger partial charge is 0.364 e. The number of hydrogen-bond donors (Lipinski definition) is 3. The van der Waals surface area contributed by atoms with E-state index in [-0.39, 0.29) is 34.7 Å². The molecule has 2 atom stereocenters. The molecule has 2 aromatic rings. The van der Waals surface area contributed by atoms with Crippen LogP contribution in [0, 0.1) is 5.41 Å². The molecule has 178 valence electrons. The minimum Gasteiger partial charge on any atom is -0.364 e. The fourth-order valence-corrected chi connectivity index (χ4v) is 4.61. The van der Waals surface area contributed by atoms with Gasteiger partial charge < -0.3 is 16.0 Å². The average molecular weight is 474 g/mol. The number of halogens is 3. The largest absolute Gasteiger partial charge is 0.471 e. The number of hydrogen-bond acceptors (Lipinski definition) is 6. The molecule has 3 amide bonds. The number of amides is 3. The third kappa shape index (κ3) is 4.47. The van der Waals surface area contributed by atoms with Crippen LogP contribution >= 0.6 is 0 Å². The van der Waals surface area contributed by atoms with Crippen molar-refractivity contribution < 1.29 is 27.6 Å². The van der Waals surface area contributed by atoms with Gasteiger partial charge in [0.15, 0.2) is 0 Å². The first-order valence-electron chi connectivity index (χ1n) is 10.6. The highest BCUT2D eigenvalue weighted by molar-refractivity contribution is 6.09. The van der Waals surface area contributed by atoms with Gasteiger partial charge in [-0.15, -0.1) is 0 Å². The average Bonchev–Trinajstić information content (AvgIpc) is 3.14. The van der Waals surface area contributed by atoms with E-state index in [4.69, 9.17) is 11.1 Å². The number of amidine groups is 1. The Bertz CT molecular complexity index is 1180. The van der Waals surface area contributed by atoms with E-state index in [2.05, 4.69) is 9.97 Å². The van der Waals surface area contributed by atoms with Crippen LogP contribution in [0.5, 0.6) is 0 Å². The van der Waals surface area contributed by atoms with E-state index in [0.717, 1.165) is 19.3 Å². The maximum Gasteiger partial charge on any atom is 0.471 e. The van der Waals surface area contributed by atoms with E-state index in [1.165, 1.54) is 23.8 Å². The topological polar surface area (TPSA) is 142 Å². The molecule has 1 aromatic heterocycles. The molecule has 0 radical (unpaired) electrons. The molecule has 1 saturated carbocycles. The second-order valence-corrected chi connectivity index (χ2v) is 8.34. The Kier molecular flexibility index (Phi) is 6.07. The van der Waals surface area contributed by atoms with Crippen LogP contribution in [0.4, 0.5) is 13.2 Å². The lowest BCUT2D eigenvalue weighted by molar-refractivity contribution is -0.171. The summed E-state index contributed by atoms with van der Waals surface area (Å²) in [4.78, 5) is 45.8. The summed E-state index contributed by atoms with van der Waals surface area (Å²) in [5.74, 6) is -3.98. The van der Waals surface area contributed by atoms with E-state index in [0.29, 0.717) is 24.1 Å². The van der Waals surface area contributed by atoms with E-state index in [1.807, 2.05) is 0 Å². The van der Waals surface area contributed by atoms with Crippen molar-refractivity contribution in [2.45, 2.75) is 50.4 Å². The zero-order valence-electron chi connectivity index (χ0n) is 17.9. The van der Waals surface area contributed by atoms with Gasteiger partial charge in [0.05, 0.1) is 0 Å². The van der Waals surface area contributed by atoms with Gasteiger partial charge in [-0.05, 0) is 36.8 Å². The molecule has 4 N–H and O–H groups in total. The van der Waals surface area contributed by atoms with Gasteiger partial charge in [0.25, 0.3) is 11.8 Å². The van der Waals surface area contributed by atoms with Crippen LogP contribution in [-0.2, 0) is 11.3 Å². The predicted octanol–water partition coefficient (Wildman–Crippen LogP) is 2.26. The monoisotopic (exact) mass is 474 g/mol. The Hall–Kier alpha value is -3.83.